The van der Waals surface area contributed by atoms with Crippen molar-refractivity contribution in [3.05, 3.63) is 0 Å². The van der Waals surface area contributed by atoms with E-state index in [-0.39, 0.29) is 0 Å². The van der Waals surface area contributed by atoms with E-state index in [4.69, 9.17) is 10.5 Å². The molecule has 0 bridgehead atoms. The van der Waals surface area contributed by atoms with Crippen LogP contribution in [0.25, 0.3) is 0 Å². The number of nitrogens with two attached hydrogens (primary N) is 1. The van der Waals surface area contributed by atoms with E-state index in [1.165, 1.54) is 0 Å². The molecule has 0 aromatic carbocycles. The lowest BCUT2D eigenvalue weighted by atomic mass is 10.0. The average molecular weight is 217 g/mol. The molecule has 0 aromatic rings. The maximum atomic E-state index is 6.13. The monoisotopic (exact) mass is 217 g/mol. The van der Waals surface area contributed by atoms with Crippen LogP contribution in [0.3, 0.4) is 0 Å². The molecule has 0 aromatic heterocycles. The van der Waals surface area contributed by atoms with Crippen molar-refractivity contribution < 1.29 is 4.74 Å². The van der Waals surface area contributed by atoms with Gasteiger partial charge >= 0.3 is 0 Å². The molecule has 1 aliphatic heterocycles. The van der Waals surface area contributed by atoms with Crippen molar-refractivity contribution in [3.63, 3.8) is 0 Å². The second kappa shape index (κ2) is 5.99. The first-order valence-electron chi connectivity index (χ1n) is 5.56. The summed E-state index contributed by atoms with van der Waals surface area (Å²) in [6, 6.07) is 0.323. The van der Waals surface area contributed by atoms with Gasteiger partial charge in [0.1, 0.15) is 0 Å². The molecule has 14 heavy (non-hydrogen) atoms. The van der Waals surface area contributed by atoms with Crippen molar-refractivity contribution in [2.45, 2.75) is 38.5 Å². The Hall–Kier alpha value is 0.270. The van der Waals surface area contributed by atoms with E-state index >= 15 is 0 Å². The van der Waals surface area contributed by atoms with Crippen LogP contribution in [0.15, 0.2) is 0 Å². The van der Waals surface area contributed by atoms with Crippen LogP contribution in [0.2, 0.25) is 0 Å². The second-order valence-electron chi connectivity index (χ2n) is 4.57. The predicted octanol–water partition coefficient (Wildman–Crippen LogP) is 2.13. The predicted molar refractivity (Wildman–Crippen MR) is 63.7 cm³/mol. The third-order valence-electron chi connectivity index (χ3n) is 3.06. The maximum Gasteiger partial charge on any atom is 0.0510 e. The van der Waals surface area contributed by atoms with Gasteiger partial charge in [0, 0.05) is 29.6 Å². The highest BCUT2D eigenvalue weighted by Crippen LogP contribution is 2.23. The zero-order chi connectivity index (χ0) is 10.6. The number of rotatable bonds is 5. The lowest BCUT2D eigenvalue weighted by Crippen LogP contribution is -2.33. The molecule has 1 rings (SSSR count). The molecule has 3 atom stereocenters. The fourth-order valence-corrected chi connectivity index (χ4v) is 2.66. The zero-order valence-electron chi connectivity index (χ0n) is 9.53. The summed E-state index contributed by atoms with van der Waals surface area (Å²) >= 11 is 2.00. The van der Waals surface area contributed by atoms with Crippen LogP contribution in [-0.2, 0) is 4.74 Å². The molecule has 0 amide bonds. The standard InChI is InChI=1S/C11H23NOS/c1-8(2)9(3)14-7-11(12)10-4-5-13-6-10/h8-11H,4-7,12H2,1-3H3. The third kappa shape index (κ3) is 3.79. The molecule has 0 saturated carbocycles. The molecule has 1 fully saturated rings. The first-order valence-corrected chi connectivity index (χ1v) is 6.61. The Kier molecular flexibility index (Phi) is 5.28. The van der Waals surface area contributed by atoms with E-state index in [1.54, 1.807) is 0 Å². The number of hydrogen-bond acceptors (Lipinski definition) is 3. The Bertz CT molecular complexity index is 157. The molecule has 84 valence electrons. The van der Waals surface area contributed by atoms with Crippen molar-refractivity contribution in [1.29, 1.82) is 0 Å². The highest BCUT2D eigenvalue weighted by Gasteiger charge is 2.23. The van der Waals surface area contributed by atoms with E-state index in [1.807, 2.05) is 11.8 Å². The molecule has 2 N–H and O–H groups in total. The molecule has 2 nitrogen and oxygen atoms in total. The Balaban J connectivity index is 2.16. The molecule has 1 aliphatic rings. The molecule has 0 radical (unpaired) electrons. The van der Waals surface area contributed by atoms with Gasteiger partial charge in [0.2, 0.25) is 0 Å². The van der Waals surface area contributed by atoms with Gasteiger partial charge in [0.15, 0.2) is 0 Å². The molecule has 0 spiro atoms. The summed E-state index contributed by atoms with van der Waals surface area (Å²) in [4.78, 5) is 0. The summed E-state index contributed by atoms with van der Waals surface area (Å²) in [5.74, 6) is 2.42. The molecule has 1 saturated heterocycles. The highest BCUT2D eigenvalue weighted by atomic mass is 32.2. The minimum absolute atomic E-state index is 0.323. The summed E-state index contributed by atoms with van der Waals surface area (Å²) in [5, 5.41) is 0.711. The largest absolute Gasteiger partial charge is 0.381 e. The highest BCUT2D eigenvalue weighted by molar-refractivity contribution is 7.99. The normalized spacial score (nSPS) is 26.8. The first-order chi connectivity index (χ1) is 6.61. The topological polar surface area (TPSA) is 35.2 Å². The van der Waals surface area contributed by atoms with Crippen LogP contribution >= 0.6 is 11.8 Å². The summed E-state index contributed by atoms with van der Waals surface area (Å²) in [7, 11) is 0. The van der Waals surface area contributed by atoms with E-state index in [2.05, 4.69) is 20.8 Å². The molecule has 1 heterocycles. The Labute approximate surface area is 92.0 Å². The van der Waals surface area contributed by atoms with Crippen molar-refractivity contribution >= 4 is 11.8 Å². The fourth-order valence-electron chi connectivity index (χ4n) is 1.48. The van der Waals surface area contributed by atoms with Gasteiger partial charge in [-0.3, -0.25) is 0 Å². The van der Waals surface area contributed by atoms with E-state index in [0.29, 0.717) is 17.2 Å². The van der Waals surface area contributed by atoms with Gasteiger partial charge in [0.05, 0.1) is 6.61 Å². The van der Waals surface area contributed by atoms with Crippen molar-refractivity contribution in [2.75, 3.05) is 19.0 Å². The van der Waals surface area contributed by atoms with Gasteiger partial charge in [-0.05, 0) is 12.3 Å². The molecular weight excluding hydrogens is 194 g/mol. The summed E-state index contributed by atoms with van der Waals surface area (Å²) < 4.78 is 5.34. The quantitative estimate of drug-likeness (QED) is 0.766. The van der Waals surface area contributed by atoms with E-state index in [0.717, 1.165) is 31.3 Å². The maximum absolute atomic E-state index is 6.13. The molecule has 0 aliphatic carbocycles. The van der Waals surface area contributed by atoms with Crippen LogP contribution in [-0.4, -0.2) is 30.3 Å². The average Bonchev–Trinajstić information content (AvgIpc) is 2.66. The number of hydrogen-bond donors (Lipinski definition) is 1. The fraction of sp³-hybridized carbons (Fsp3) is 1.00. The SMILES string of the molecule is CC(C)C(C)SCC(N)C1CCOC1. The van der Waals surface area contributed by atoms with E-state index in [9.17, 15) is 0 Å². The minimum atomic E-state index is 0.323. The Morgan fingerprint density at radius 1 is 1.43 bits per heavy atom. The van der Waals surface area contributed by atoms with Gasteiger partial charge in [-0.1, -0.05) is 20.8 Å². The third-order valence-corrected chi connectivity index (χ3v) is 4.71. The van der Waals surface area contributed by atoms with Gasteiger partial charge in [-0.2, -0.15) is 11.8 Å². The second-order valence-corrected chi connectivity index (χ2v) is 5.98. The lowest BCUT2D eigenvalue weighted by molar-refractivity contribution is 0.182. The van der Waals surface area contributed by atoms with Crippen LogP contribution in [0.5, 0.6) is 0 Å². The van der Waals surface area contributed by atoms with Gasteiger partial charge in [-0.15, -0.1) is 0 Å². The van der Waals surface area contributed by atoms with Crippen molar-refractivity contribution in [1.82, 2.24) is 0 Å². The Morgan fingerprint density at radius 3 is 2.64 bits per heavy atom. The number of ether oxygens (including phenoxy) is 1. The smallest absolute Gasteiger partial charge is 0.0510 e. The molecule has 3 unspecified atom stereocenters. The lowest BCUT2D eigenvalue weighted by Gasteiger charge is -2.21. The van der Waals surface area contributed by atoms with Crippen LogP contribution < -0.4 is 5.73 Å². The molecular formula is C11H23NOS. The Morgan fingerprint density at radius 2 is 2.14 bits per heavy atom. The minimum Gasteiger partial charge on any atom is -0.381 e. The van der Waals surface area contributed by atoms with Crippen molar-refractivity contribution in [2.24, 2.45) is 17.6 Å². The zero-order valence-corrected chi connectivity index (χ0v) is 10.3. The van der Waals surface area contributed by atoms with Gasteiger partial charge < -0.3 is 10.5 Å². The first kappa shape index (κ1) is 12.3. The van der Waals surface area contributed by atoms with Gasteiger partial charge in [-0.25, -0.2) is 0 Å². The van der Waals surface area contributed by atoms with E-state index < -0.39 is 0 Å². The van der Waals surface area contributed by atoms with Gasteiger partial charge in [0.25, 0.3) is 0 Å². The van der Waals surface area contributed by atoms with Crippen LogP contribution in [0.1, 0.15) is 27.2 Å². The summed E-state index contributed by atoms with van der Waals surface area (Å²) in [6.07, 6.45) is 1.15. The summed E-state index contributed by atoms with van der Waals surface area (Å²) in [6.45, 7) is 8.59. The number of thioether (sulfide) groups is 1. The molecule has 3 heteroatoms. The van der Waals surface area contributed by atoms with Crippen LogP contribution in [0, 0.1) is 11.8 Å². The van der Waals surface area contributed by atoms with Crippen molar-refractivity contribution in [3.8, 4) is 0 Å². The summed E-state index contributed by atoms with van der Waals surface area (Å²) in [5.41, 5.74) is 6.13. The van der Waals surface area contributed by atoms with Crippen LogP contribution in [0.4, 0.5) is 0 Å².